The van der Waals surface area contributed by atoms with Crippen LogP contribution in [0, 0.1) is 0 Å². The van der Waals surface area contributed by atoms with Gasteiger partial charge in [0.1, 0.15) is 0 Å². The molecule has 0 bridgehead atoms. The van der Waals surface area contributed by atoms with E-state index in [-0.39, 0.29) is 5.54 Å². The van der Waals surface area contributed by atoms with E-state index in [1.165, 1.54) is 0 Å². The molecule has 1 aromatic rings. The number of aromatic nitrogens is 2. The number of aliphatic imine (C=N–C) groups is 1. The zero-order valence-corrected chi connectivity index (χ0v) is 10.8. The second-order valence-corrected chi connectivity index (χ2v) is 5.62. The fourth-order valence-corrected chi connectivity index (χ4v) is 2.85. The summed E-state index contributed by atoms with van der Waals surface area (Å²) in [4.78, 5) is 4.68. The van der Waals surface area contributed by atoms with Gasteiger partial charge in [0.05, 0.1) is 17.4 Å². The lowest BCUT2D eigenvalue weighted by Gasteiger charge is -2.26. The number of anilines is 1. The molecule has 0 amide bonds. The molecule has 0 radical (unpaired) electrons. The molecule has 88 valence electrons. The lowest BCUT2D eigenvalue weighted by molar-refractivity contribution is 0.507. The van der Waals surface area contributed by atoms with Gasteiger partial charge in [-0.2, -0.15) is 5.10 Å². The number of thioether (sulfide) groups is 1. The summed E-state index contributed by atoms with van der Waals surface area (Å²) in [6.45, 7) is 7.31. The van der Waals surface area contributed by atoms with Gasteiger partial charge in [-0.05, 0) is 27.2 Å². The van der Waals surface area contributed by atoms with Gasteiger partial charge >= 0.3 is 0 Å². The highest BCUT2D eigenvalue weighted by molar-refractivity contribution is 8.14. The first-order chi connectivity index (χ1) is 7.59. The molecular formula is C11H18N4S. The number of aryl methyl sites for hydroxylation is 1. The molecular weight excluding hydrogens is 220 g/mol. The number of hydrogen-bond donors (Lipinski definition) is 1. The SMILES string of the molecule is CCn1cc(NC2=NC(C)(C)CCS2)cn1. The fraction of sp³-hybridized carbons (Fsp3) is 0.636. The summed E-state index contributed by atoms with van der Waals surface area (Å²) in [6, 6.07) is 0. The van der Waals surface area contributed by atoms with E-state index in [2.05, 4.69) is 36.2 Å². The van der Waals surface area contributed by atoms with Crippen molar-refractivity contribution in [1.29, 1.82) is 0 Å². The van der Waals surface area contributed by atoms with Crippen LogP contribution in [0.5, 0.6) is 0 Å². The molecule has 1 aliphatic heterocycles. The maximum atomic E-state index is 4.68. The van der Waals surface area contributed by atoms with Crippen LogP contribution in [0.2, 0.25) is 0 Å². The van der Waals surface area contributed by atoms with E-state index >= 15 is 0 Å². The fourth-order valence-electron chi connectivity index (χ4n) is 1.55. The van der Waals surface area contributed by atoms with E-state index < -0.39 is 0 Å². The summed E-state index contributed by atoms with van der Waals surface area (Å²) in [5.41, 5.74) is 1.08. The normalized spacial score (nSPS) is 19.3. The number of hydrogen-bond acceptors (Lipinski definition) is 4. The molecule has 16 heavy (non-hydrogen) atoms. The zero-order chi connectivity index (χ0) is 11.6. The molecule has 0 spiro atoms. The van der Waals surface area contributed by atoms with Crippen molar-refractivity contribution in [3.8, 4) is 0 Å². The Hall–Kier alpha value is -0.970. The van der Waals surface area contributed by atoms with E-state index in [4.69, 9.17) is 0 Å². The highest BCUT2D eigenvalue weighted by atomic mass is 32.2. The summed E-state index contributed by atoms with van der Waals surface area (Å²) in [6.07, 6.45) is 4.98. The average molecular weight is 238 g/mol. The number of rotatable bonds is 2. The summed E-state index contributed by atoms with van der Waals surface area (Å²) < 4.78 is 1.90. The van der Waals surface area contributed by atoms with Gasteiger partial charge in [-0.15, -0.1) is 0 Å². The van der Waals surface area contributed by atoms with Crippen LogP contribution in [0.1, 0.15) is 27.2 Å². The maximum absolute atomic E-state index is 4.68. The van der Waals surface area contributed by atoms with Crippen LogP contribution in [0.25, 0.3) is 0 Å². The number of nitrogens with one attached hydrogen (secondary N) is 1. The van der Waals surface area contributed by atoms with Crippen molar-refractivity contribution in [2.45, 2.75) is 39.3 Å². The smallest absolute Gasteiger partial charge is 0.161 e. The van der Waals surface area contributed by atoms with Crippen molar-refractivity contribution in [2.24, 2.45) is 4.99 Å². The van der Waals surface area contributed by atoms with E-state index in [0.717, 1.165) is 29.6 Å². The van der Waals surface area contributed by atoms with Gasteiger partial charge in [-0.1, -0.05) is 11.8 Å². The summed E-state index contributed by atoms with van der Waals surface area (Å²) in [5.74, 6) is 1.13. The van der Waals surface area contributed by atoms with Crippen LogP contribution in [0.4, 0.5) is 5.69 Å². The molecule has 0 unspecified atom stereocenters. The summed E-state index contributed by atoms with van der Waals surface area (Å²) in [5, 5.41) is 8.55. The molecule has 1 N–H and O–H groups in total. The molecule has 0 aliphatic carbocycles. The van der Waals surface area contributed by atoms with Crippen LogP contribution >= 0.6 is 11.8 Å². The van der Waals surface area contributed by atoms with Gasteiger partial charge in [0.2, 0.25) is 0 Å². The first-order valence-corrected chi connectivity index (χ1v) is 6.60. The molecule has 5 heteroatoms. The minimum atomic E-state index is 0.0638. The van der Waals surface area contributed by atoms with Crippen LogP contribution in [0.15, 0.2) is 17.4 Å². The molecule has 2 rings (SSSR count). The minimum absolute atomic E-state index is 0.0638. The topological polar surface area (TPSA) is 42.2 Å². The Morgan fingerprint density at radius 2 is 2.38 bits per heavy atom. The van der Waals surface area contributed by atoms with Crippen molar-refractivity contribution in [3.63, 3.8) is 0 Å². The van der Waals surface area contributed by atoms with Gasteiger partial charge in [-0.25, -0.2) is 0 Å². The first-order valence-electron chi connectivity index (χ1n) is 5.61. The molecule has 0 saturated carbocycles. The lowest BCUT2D eigenvalue weighted by atomic mass is 10.0. The second kappa shape index (κ2) is 4.49. The van der Waals surface area contributed by atoms with Gasteiger partial charge in [0.15, 0.2) is 5.17 Å². The molecule has 4 nitrogen and oxygen atoms in total. The van der Waals surface area contributed by atoms with Crippen LogP contribution in [-0.4, -0.2) is 26.2 Å². The molecule has 0 aromatic carbocycles. The Bertz CT molecular complexity index is 394. The van der Waals surface area contributed by atoms with Crippen molar-refractivity contribution in [2.75, 3.05) is 11.1 Å². The second-order valence-electron chi connectivity index (χ2n) is 4.54. The van der Waals surface area contributed by atoms with E-state index in [1.54, 1.807) is 11.8 Å². The molecule has 1 aliphatic rings. The quantitative estimate of drug-likeness (QED) is 0.861. The number of nitrogens with zero attached hydrogens (tertiary/aromatic N) is 3. The first kappa shape index (κ1) is 11.5. The standard InChI is InChI=1S/C11H18N4S/c1-4-15-8-9(7-12-15)13-10-14-11(2,3)5-6-16-10/h7-8H,4-6H2,1-3H3,(H,13,14). The van der Waals surface area contributed by atoms with Gasteiger partial charge in [0.25, 0.3) is 0 Å². The maximum Gasteiger partial charge on any atom is 0.161 e. The van der Waals surface area contributed by atoms with Crippen LogP contribution < -0.4 is 5.32 Å². The third kappa shape index (κ3) is 2.78. The molecule has 0 fully saturated rings. The summed E-state index contributed by atoms with van der Waals surface area (Å²) in [7, 11) is 0. The predicted molar refractivity (Wildman–Crippen MR) is 70.1 cm³/mol. The monoisotopic (exact) mass is 238 g/mol. The Morgan fingerprint density at radius 1 is 1.56 bits per heavy atom. The van der Waals surface area contributed by atoms with Crippen molar-refractivity contribution >= 4 is 22.6 Å². The van der Waals surface area contributed by atoms with Crippen molar-refractivity contribution < 1.29 is 0 Å². The number of amidine groups is 1. The van der Waals surface area contributed by atoms with E-state index in [1.807, 2.05) is 17.1 Å². The predicted octanol–water partition coefficient (Wildman–Crippen LogP) is 2.59. The van der Waals surface area contributed by atoms with E-state index in [0.29, 0.717) is 0 Å². The van der Waals surface area contributed by atoms with Gasteiger partial charge < -0.3 is 5.32 Å². The molecule has 0 saturated heterocycles. The average Bonchev–Trinajstić information content (AvgIpc) is 2.64. The Labute approximate surface area is 101 Å². The third-order valence-electron chi connectivity index (χ3n) is 2.57. The lowest BCUT2D eigenvalue weighted by Crippen LogP contribution is -2.27. The van der Waals surface area contributed by atoms with Crippen LogP contribution in [0.3, 0.4) is 0 Å². The van der Waals surface area contributed by atoms with Crippen molar-refractivity contribution in [1.82, 2.24) is 9.78 Å². The highest BCUT2D eigenvalue weighted by Crippen LogP contribution is 2.26. The Morgan fingerprint density at radius 3 is 3.00 bits per heavy atom. The van der Waals surface area contributed by atoms with Gasteiger partial charge in [-0.3, -0.25) is 9.67 Å². The van der Waals surface area contributed by atoms with Crippen LogP contribution in [-0.2, 0) is 6.54 Å². The minimum Gasteiger partial charge on any atom is -0.332 e. The third-order valence-corrected chi connectivity index (χ3v) is 3.44. The molecule has 0 atom stereocenters. The Kier molecular flexibility index (Phi) is 3.23. The molecule has 2 heterocycles. The van der Waals surface area contributed by atoms with Gasteiger partial charge in [0, 0.05) is 18.5 Å². The zero-order valence-electron chi connectivity index (χ0n) is 10.0. The Balaban J connectivity index is 2.07. The summed E-state index contributed by atoms with van der Waals surface area (Å²) >= 11 is 1.78. The molecule has 1 aromatic heterocycles. The highest BCUT2D eigenvalue weighted by Gasteiger charge is 2.22. The largest absolute Gasteiger partial charge is 0.332 e. The van der Waals surface area contributed by atoms with E-state index in [9.17, 15) is 0 Å². The van der Waals surface area contributed by atoms with Crippen molar-refractivity contribution in [3.05, 3.63) is 12.4 Å².